The third kappa shape index (κ3) is 4.11. The average molecular weight is 295 g/mol. The second-order valence-electron chi connectivity index (χ2n) is 7.06. The van der Waals surface area contributed by atoms with Crippen LogP contribution in [0, 0.1) is 0 Å². The van der Waals surface area contributed by atoms with E-state index < -0.39 is 6.16 Å². The molecule has 0 spiro atoms. The van der Waals surface area contributed by atoms with Crippen LogP contribution in [0.4, 0.5) is 10.5 Å². The highest BCUT2D eigenvalue weighted by Crippen LogP contribution is 2.40. The van der Waals surface area contributed by atoms with Gasteiger partial charge in [-0.05, 0) is 22.5 Å². The molecule has 0 unspecified atom stereocenters. The van der Waals surface area contributed by atoms with E-state index in [1.54, 1.807) is 6.07 Å². The van der Waals surface area contributed by atoms with Crippen LogP contribution in [-0.4, -0.2) is 18.5 Å². The first-order chi connectivity index (χ1) is 9.50. The molecule has 118 valence electrons. The van der Waals surface area contributed by atoms with E-state index in [1.807, 2.05) is 26.8 Å². The van der Waals surface area contributed by atoms with Crippen LogP contribution in [0.15, 0.2) is 12.1 Å². The maximum atomic E-state index is 11.4. The molecule has 1 aromatic carbocycles. The molecule has 0 aliphatic heterocycles. The van der Waals surface area contributed by atoms with Gasteiger partial charge in [-0.1, -0.05) is 41.5 Å². The molecule has 0 amide bonds. The summed E-state index contributed by atoms with van der Waals surface area (Å²) in [5, 5.41) is 9.37. The molecule has 0 bridgehead atoms. The molecule has 5 heteroatoms. The van der Waals surface area contributed by atoms with Gasteiger partial charge in [0, 0.05) is 11.6 Å². The molecule has 0 aromatic heterocycles. The van der Waals surface area contributed by atoms with Crippen molar-refractivity contribution >= 4 is 11.8 Å². The Morgan fingerprint density at radius 2 is 1.57 bits per heavy atom. The van der Waals surface area contributed by atoms with Crippen molar-refractivity contribution in [2.75, 3.05) is 12.6 Å². The first kappa shape index (κ1) is 17.3. The molecule has 1 rings (SSSR count). The second kappa shape index (κ2) is 5.93. The van der Waals surface area contributed by atoms with Crippen molar-refractivity contribution in [2.24, 2.45) is 0 Å². The summed E-state index contributed by atoms with van der Waals surface area (Å²) in [5.74, 6) is 0.374. The summed E-state index contributed by atoms with van der Waals surface area (Å²) >= 11 is 0. The molecule has 0 heterocycles. The van der Waals surface area contributed by atoms with Crippen LogP contribution in [0.2, 0.25) is 0 Å². The van der Waals surface area contributed by atoms with Gasteiger partial charge < -0.3 is 9.47 Å². The van der Waals surface area contributed by atoms with E-state index in [4.69, 9.17) is 4.74 Å². The van der Waals surface area contributed by atoms with Crippen LogP contribution in [0.25, 0.3) is 0 Å². The van der Waals surface area contributed by atoms with Crippen molar-refractivity contribution in [3.63, 3.8) is 0 Å². The van der Waals surface area contributed by atoms with Crippen molar-refractivity contribution in [1.82, 2.24) is 0 Å². The Labute approximate surface area is 126 Å². The Morgan fingerprint density at radius 1 is 1.05 bits per heavy atom. The van der Waals surface area contributed by atoms with Gasteiger partial charge in [-0.3, -0.25) is 10.7 Å². The molecule has 0 radical (unpaired) electrons. The van der Waals surface area contributed by atoms with Gasteiger partial charge in [0.15, 0.2) is 0 Å². The molecule has 0 saturated carbocycles. The van der Waals surface area contributed by atoms with Crippen molar-refractivity contribution in [3.8, 4) is 5.75 Å². The van der Waals surface area contributed by atoms with E-state index in [0.717, 1.165) is 11.1 Å². The minimum atomic E-state index is -0.784. The Balaban J connectivity index is 3.53. The van der Waals surface area contributed by atoms with E-state index in [1.165, 1.54) is 7.11 Å². The topological polar surface area (TPSA) is 67.8 Å². The van der Waals surface area contributed by atoms with Crippen LogP contribution >= 0.6 is 0 Å². The molecule has 0 fully saturated rings. The van der Waals surface area contributed by atoms with Gasteiger partial charge in [-0.25, -0.2) is 4.79 Å². The number of methoxy groups -OCH3 is 1. The van der Waals surface area contributed by atoms with Gasteiger partial charge in [0.05, 0.1) is 12.8 Å². The zero-order valence-electron chi connectivity index (χ0n) is 13.8. The molecule has 5 nitrogen and oxygen atoms in total. The van der Waals surface area contributed by atoms with Gasteiger partial charge in [0.2, 0.25) is 0 Å². The lowest BCUT2D eigenvalue weighted by atomic mass is 9.79. The molecule has 21 heavy (non-hydrogen) atoms. The van der Waals surface area contributed by atoms with Crippen molar-refractivity contribution in [1.29, 1.82) is 0 Å². The third-order valence-corrected chi connectivity index (χ3v) is 3.22. The number of carbonyl (C=O) groups excluding carboxylic acids is 1. The highest BCUT2D eigenvalue weighted by molar-refractivity contribution is 5.68. The van der Waals surface area contributed by atoms with E-state index in [-0.39, 0.29) is 10.8 Å². The Hall–Kier alpha value is -1.75. The lowest BCUT2D eigenvalue weighted by Gasteiger charge is -2.28. The lowest BCUT2D eigenvalue weighted by Crippen LogP contribution is -2.20. The third-order valence-electron chi connectivity index (χ3n) is 3.22. The maximum absolute atomic E-state index is 11.4. The van der Waals surface area contributed by atoms with E-state index >= 15 is 0 Å². The maximum Gasteiger partial charge on any atom is 0.513 e. The van der Waals surface area contributed by atoms with Crippen molar-refractivity contribution < 1.29 is 19.5 Å². The van der Waals surface area contributed by atoms with Crippen molar-refractivity contribution in [3.05, 3.63) is 23.3 Å². The van der Waals surface area contributed by atoms with Crippen LogP contribution in [0.5, 0.6) is 5.75 Å². The number of anilines is 1. The predicted octanol–water partition coefficient (Wildman–Crippen LogP) is 4.23. The van der Waals surface area contributed by atoms with Crippen LogP contribution < -0.4 is 10.2 Å². The van der Waals surface area contributed by atoms with Gasteiger partial charge >= 0.3 is 6.16 Å². The number of rotatable bonds is 2. The zero-order valence-corrected chi connectivity index (χ0v) is 13.8. The normalized spacial score (nSPS) is 12.0. The molecular formula is C16H25NO4. The first-order valence-electron chi connectivity index (χ1n) is 6.85. The quantitative estimate of drug-likeness (QED) is 0.485. The summed E-state index contributed by atoms with van der Waals surface area (Å²) < 4.78 is 9.77. The highest BCUT2D eigenvalue weighted by Gasteiger charge is 2.27. The van der Waals surface area contributed by atoms with Gasteiger partial charge in [0.1, 0.15) is 5.75 Å². The number of ether oxygens (including phenoxy) is 2. The Kier molecular flexibility index (Phi) is 4.89. The van der Waals surface area contributed by atoms with Gasteiger partial charge in [-0.2, -0.15) is 0 Å². The second-order valence-corrected chi connectivity index (χ2v) is 7.06. The smallest absolute Gasteiger partial charge is 0.437 e. The molecule has 0 aliphatic carbocycles. The summed E-state index contributed by atoms with van der Waals surface area (Å²) in [6, 6.07) is 3.58. The molecule has 2 N–H and O–H groups in total. The molecule has 0 atom stereocenters. The zero-order chi connectivity index (χ0) is 16.4. The highest BCUT2D eigenvalue weighted by atomic mass is 16.7. The minimum absolute atomic E-state index is 0.172. The van der Waals surface area contributed by atoms with E-state index in [9.17, 15) is 10.0 Å². The number of nitrogens with one attached hydrogen (secondary N) is 1. The standard InChI is InChI=1S/C16H25NO4/c1-15(2,3)10-8-11(16(4,5)6)13(9-12(10)17-19)21-14(18)20-7/h8-9,17,19H,1-7H3. The Bertz CT molecular complexity index is 524. The van der Waals surface area contributed by atoms with E-state index in [2.05, 4.69) is 31.0 Å². The molecule has 1 aromatic rings. The number of benzene rings is 1. The Morgan fingerprint density at radius 3 is 1.95 bits per heavy atom. The van der Waals surface area contributed by atoms with Crippen LogP contribution in [0.3, 0.4) is 0 Å². The largest absolute Gasteiger partial charge is 0.513 e. The summed E-state index contributed by atoms with van der Waals surface area (Å²) in [6.45, 7) is 12.3. The number of hydrogen-bond donors (Lipinski definition) is 2. The number of carbonyl (C=O) groups is 1. The monoisotopic (exact) mass is 295 g/mol. The summed E-state index contributed by atoms with van der Waals surface area (Å²) in [5.41, 5.74) is 4.10. The minimum Gasteiger partial charge on any atom is -0.437 e. The molecular weight excluding hydrogens is 270 g/mol. The summed E-state index contributed by atoms with van der Waals surface area (Å²) in [4.78, 5) is 11.4. The fourth-order valence-corrected chi connectivity index (χ4v) is 2.09. The fraction of sp³-hybridized carbons (Fsp3) is 0.562. The molecule has 0 saturated heterocycles. The lowest BCUT2D eigenvalue weighted by molar-refractivity contribution is 0.120. The fourth-order valence-electron chi connectivity index (χ4n) is 2.09. The molecule has 0 aliphatic rings. The predicted molar refractivity (Wildman–Crippen MR) is 82.3 cm³/mol. The summed E-state index contributed by atoms with van der Waals surface area (Å²) in [6.07, 6.45) is -0.784. The van der Waals surface area contributed by atoms with Gasteiger partial charge in [0.25, 0.3) is 0 Å². The van der Waals surface area contributed by atoms with E-state index in [0.29, 0.717) is 11.4 Å². The summed E-state index contributed by atoms with van der Waals surface area (Å²) in [7, 11) is 1.26. The van der Waals surface area contributed by atoms with Crippen LogP contribution in [0.1, 0.15) is 52.7 Å². The van der Waals surface area contributed by atoms with Gasteiger partial charge in [-0.15, -0.1) is 0 Å². The van der Waals surface area contributed by atoms with Crippen LogP contribution in [-0.2, 0) is 15.6 Å². The SMILES string of the molecule is COC(=O)Oc1cc(NO)c(C(C)(C)C)cc1C(C)(C)C. The van der Waals surface area contributed by atoms with Crippen molar-refractivity contribution in [2.45, 2.75) is 52.4 Å². The number of hydrogen-bond acceptors (Lipinski definition) is 5. The first-order valence-corrected chi connectivity index (χ1v) is 6.85. The average Bonchev–Trinajstić information content (AvgIpc) is 2.35.